The van der Waals surface area contributed by atoms with E-state index in [1.165, 1.54) is 0 Å². The Morgan fingerprint density at radius 1 is 1.41 bits per heavy atom. The van der Waals surface area contributed by atoms with Crippen LogP contribution in [0.5, 0.6) is 5.75 Å². The van der Waals surface area contributed by atoms with Gasteiger partial charge in [-0.2, -0.15) is 0 Å². The van der Waals surface area contributed by atoms with Crippen LogP contribution in [0, 0.1) is 6.92 Å². The summed E-state index contributed by atoms with van der Waals surface area (Å²) in [5, 5.41) is 10.8. The third kappa shape index (κ3) is 3.25. The van der Waals surface area contributed by atoms with E-state index in [0.717, 1.165) is 16.7 Å². The molecule has 0 radical (unpaired) electrons. The molecule has 1 heterocycles. The molecule has 0 fully saturated rings. The number of carbonyl (C=O) groups is 1. The second-order valence-electron chi connectivity index (χ2n) is 6.05. The summed E-state index contributed by atoms with van der Waals surface area (Å²) >= 11 is 0. The van der Waals surface area contributed by atoms with Gasteiger partial charge in [-0.15, -0.1) is 0 Å². The number of hydrogen-bond donors (Lipinski definition) is 1. The summed E-state index contributed by atoms with van der Waals surface area (Å²) in [4.78, 5) is 14.3. The lowest BCUT2D eigenvalue weighted by atomic mass is 10.1. The molecular formula is C17H23NO4. The lowest BCUT2D eigenvalue weighted by molar-refractivity contribution is 0.0299. The van der Waals surface area contributed by atoms with Gasteiger partial charge in [0, 0.05) is 24.0 Å². The van der Waals surface area contributed by atoms with Crippen molar-refractivity contribution < 1.29 is 19.1 Å². The lowest BCUT2D eigenvalue weighted by Gasteiger charge is -2.27. The van der Waals surface area contributed by atoms with E-state index in [-0.39, 0.29) is 12.5 Å². The van der Waals surface area contributed by atoms with Gasteiger partial charge < -0.3 is 19.2 Å². The number of ether oxygens (including phenoxy) is 1. The van der Waals surface area contributed by atoms with Crippen molar-refractivity contribution in [3.8, 4) is 5.75 Å². The molecule has 0 saturated carbocycles. The number of aryl methyl sites for hydroxylation is 1. The minimum atomic E-state index is -0.950. The van der Waals surface area contributed by atoms with E-state index in [0.29, 0.717) is 17.9 Å². The van der Waals surface area contributed by atoms with Crippen LogP contribution in [0.15, 0.2) is 22.6 Å². The fourth-order valence-corrected chi connectivity index (χ4v) is 2.47. The smallest absolute Gasteiger partial charge is 0.289 e. The lowest BCUT2D eigenvalue weighted by Crippen LogP contribution is -2.42. The molecule has 1 amide bonds. The monoisotopic (exact) mass is 305 g/mol. The highest BCUT2D eigenvalue weighted by molar-refractivity contribution is 5.99. The molecule has 120 valence electrons. The van der Waals surface area contributed by atoms with Crippen molar-refractivity contribution in [3.63, 3.8) is 0 Å². The predicted octanol–water partition coefficient (Wildman–Crippen LogP) is 2.98. The Morgan fingerprint density at radius 3 is 2.64 bits per heavy atom. The first-order valence-corrected chi connectivity index (χ1v) is 7.35. The average Bonchev–Trinajstić information content (AvgIpc) is 2.79. The summed E-state index contributed by atoms with van der Waals surface area (Å²) < 4.78 is 10.9. The molecule has 5 nitrogen and oxygen atoms in total. The Labute approximate surface area is 130 Å². The molecular weight excluding hydrogens is 282 g/mol. The number of rotatable bonds is 5. The van der Waals surface area contributed by atoms with Gasteiger partial charge in [0.1, 0.15) is 11.3 Å². The highest BCUT2D eigenvalue weighted by atomic mass is 16.5. The number of nitrogens with zero attached hydrogens (tertiary/aromatic N) is 1. The quantitative estimate of drug-likeness (QED) is 0.922. The number of amides is 1. The van der Waals surface area contributed by atoms with Gasteiger partial charge in [0.2, 0.25) is 0 Å². The molecule has 2 aromatic rings. The average molecular weight is 305 g/mol. The summed E-state index contributed by atoms with van der Waals surface area (Å²) in [5.74, 6) is 0.825. The molecule has 22 heavy (non-hydrogen) atoms. The Bertz CT molecular complexity index is 682. The number of furan rings is 1. The number of fused-ring (bicyclic) bond motifs is 1. The molecule has 0 atom stereocenters. The van der Waals surface area contributed by atoms with Crippen LogP contribution in [0.4, 0.5) is 0 Å². The van der Waals surface area contributed by atoms with E-state index in [9.17, 15) is 9.90 Å². The molecule has 1 N–H and O–H groups in total. The van der Waals surface area contributed by atoms with Crippen LogP contribution >= 0.6 is 0 Å². The summed E-state index contributed by atoms with van der Waals surface area (Å²) in [5.41, 5.74) is 0.489. The van der Waals surface area contributed by atoms with Gasteiger partial charge in [-0.25, -0.2) is 0 Å². The Balaban J connectivity index is 2.41. The molecule has 0 aliphatic heterocycles. The number of likely N-dealkylation sites (N-methyl/N-ethyl adjacent to an activating group) is 1. The maximum atomic E-state index is 12.7. The van der Waals surface area contributed by atoms with Crippen LogP contribution in [-0.4, -0.2) is 41.7 Å². The van der Waals surface area contributed by atoms with E-state index in [4.69, 9.17) is 9.15 Å². The van der Waals surface area contributed by atoms with E-state index in [1.54, 1.807) is 38.0 Å². The van der Waals surface area contributed by atoms with Gasteiger partial charge in [0.05, 0.1) is 12.7 Å². The highest BCUT2D eigenvalue weighted by Gasteiger charge is 2.26. The van der Waals surface area contributed by atoms with Gasteiger partial charge in [0.15, 0.2) is 5.76 Å². The molecule has 1 aromatic heterocycles. The number of aliphatic hydroxyl groups is 1. The molecule has 1 aromatic carbocycles. The van der Waals surface area contributed by atoms with E-state index >= 15 is 0 Å². The number of methoxy groups -OCH3 is 1. The number of hydrogen-bond acceptors (Lipinski definition) is 4. The summed E-state index contributed by atoms with van der Waals surface area (Å²) in [6.07, 6.45) is 0. The molecule has 0 bridgehead atoms. The largest absolute Gasteiger partial charge is 0.497 e. The van der Waals surface area contributed by atoms with Gasteiger partial charge in [-0.1, -0.05) is 0 Å². The van der Waals surface area contributed by atoms with Crippen LogP contribution in [0.1, 0.15) is 36.9 Å². The Hall–Kier alpha value is -2.01. The predicted molar refractivity (Wildman–Crippen MR) is 85.4 cm³/mol. The van der Waals surface area contributed by atoms with E-state index < -0.39 is 5.60 Å². The van der Waals surface area contributed by atoms with Crippen molar-refractivity contribution in [2.24, 2.45) is 0 Å². The van der Waals surface area contributed by atoms with Gasteiger partial charge in [-0.3, -0.25) is 4.79 Å². The third-order valence-electron chi connectivity index (χ3n) is 3.58. The van der Waals surface area contributed by atoms with Crippen molar-refractivity contribution in [3.05, 3.63) is 29.5 Å². The summed E-state index contributed by atoms with van der Waals surface area (Å²) in [6, 6.07) is 5.45. The maximum Gasteiger partial charge on any atom is 0.289 e. The first kappa shape index (κ1) is 16.4. The van der Waals surface area contributed by atoms with Gasteiger partial charge >= 0.3 is 0 Å². The second kappa shape index (κ2) is 6.01. The number of benzene rings is 1. The molecule has 0 aliphatic rings. The molecule has 5 heteroatoms. The van der Waals surface area contributed by atoms with E-state index in [1.807, 2.05) is 19.9 Å². The highest BCUT2D eigenvalue weighted by Crippen LogP contribution is 2.29. The van der Waals surface area contributed by atoms with Crippen LogP contribution in [0.2, 0.25) is 0 Å². The zero-order chi connectivity index (χ0) is 16.5. The molecule has 0 spiro atoms. The molecule has 0 aliphatic carbocycles. The van der Waals surface area contributed by atoms with Crippen LogP contribution in [0.25, 0.3) is 11.0 Å². The van der Waals surface area contributed by atoms with Crippen molar-refractivity contribution in [2.45, 2.75) is 33.3 Å². The van der Waals surface area contributed by atoms with Crippen molar-refractivity contribution in [1.29, 1.82) is 0 Å². The first-order valence-electron chi connectivity index (χ1n) is 7.35. The molecule has 0 saturated heterocycles. The minimum Gasteiger partial charge on any atom is -0.497 e. The van der Waals surface area contributed by atoms with Crippen LogP contribution in [-0.2, 0) is 0 Å². The molecule has 2 rings (SSSR count). The summed E-state index contributed by atoms with van der Waals surface area (Å²) in [6.45, 7) is 7.85. The fourth-order valence-electron chi connectivity index (χ4n) is 2.47. The Morgan fingerprint density at radius 2 is 2.09 bits per heavy atom. The Kier molecular flexibility index (Phi) is 4.47. The topological polar surface area (TPSA) is 62.9 Å². The summed E-state index contributed by atoms with van der Waals surface area (Å²) in [7, 11) is 1.60. The van der Waals surface area contributed by atoms with Crippen molar-refractivity contribution in [2.75, 3.05) is 20.2 Å². The number of carbonyl (C=O) groups excluding carboxylic acids is 1. The maximum absolute atomic E-state index is 12.7. The standard InChI is InChI=1S/C17H23NO4/c1-6-18(10-17(3,4)20)16(19)15-11(2)13-9-12(21-5)7-8-14(13)22-15/h7-9,20H,6,10H2,1-5H3. The second-order valence-corrected chi connectivity index (χ2v) is 6.05. The van der Waals surface area contributed by atoms with Crippen molar-refractivity contribution >= 4 is 16.9 Å². The zero-order valence-corrected chi connectivity index (χ0v) is 13.8. The molecule has 0 unspecified atom stereocenters. The first-order chi connectivity index (χ1) is 10.3. The van der Waals surface area contributed by atoms with Crippen LogP contribution in [0.3, 0.4) is 0 Å². The minimum absolute atomic E-state index is 0.211. The van der Waals surface area contributed by atoms with Crippen molar-refractivity contribution in [1.82, 2.24) is 4.90 Å². The fraction of sp³-hybridized carbons (Fsp3) is 0.471. The zero-order valence-electron chi connectivity index (χ0n) is 13.8. The third-order valence-corrected chi connectivity index (χ3v) is 3.58. The van der Waals surface area contributed by atoms with Gasteiger partial charge in [-0.05, 0) is 45.9 Å². The van der Waals surface area contributed by atoms with Crippen LogP contribution < -0.4 is 4.74 Å². The normalized spacial score (nSPS) is 11.7. The van der Waals surface area contributed by atoms with E-state index in [2.05, 4.69) is 0 Å². The SMILES string of the molecule is CCN(CC(C)(C)O)C(=O)c1oc2ccc(OC)cc2c1C. The van der Waals surface area contributed by atoms with Gasteiger partial charge in [0.25, 0.3) is 5.91 Å².